The van der Waals surface area contributed by atoms with Crippen molar-refractivity contribution < 1.29 is 18.6 Å². The van der Waals surface area contributed by atoms with Crippen molar-refractivity contribution in [2.75, 3.05) is 20.8 Å². The molecule has 130 valence electrons. The maximum Gasteiger partial charge on any atom is 0.364 e. The third-order valence-corrected chi connectivity index (χ3v) is 4.17. The molecule has 0 bridgehead atoms. The fourth-order valence-electron chi connectivity index (χ4n) is 2.83. The van der Waals surface area contributed by atoms with Crippen LogP contribution in [0.15, 0.2) is 46.9 Å². The van der Waals surface area contributed by atoms with Crippen LogP contribution >= 0.6 is 0 Å². The molecule has 25 heavy (non-hydrogen) atoms. The van der Waals surface area contributed by atoms with Crippen LogP contribution in [-0.4, -0.2) is 20.8 Å². The van der Waals surface area contributed by atoms with Gasteiger partial charge in [0.1, 0.15) is 11.1 Å². The summed E-state index contributed by atoms with van der Waals surface area (Å²) in [5, 5.41) is 0.991. The lowest BCUT2D eigenvalue weighted by molar-refractivity contribution is 0.342. The molecule has 0 radical (unpaired) electrons. The summed E-state index contributed by atoms with van der Waals surface area (Å²) in [5.41, 5.74) is 2.95. The Morgan fingerprint density at radius 2 is 1.64 bits per heavy atom. The zero-order chi connectivity index (χ0) is 17.8. The predicted molar refractivity (Wildman–Crippen MR) is 99.7 cm³/mol. The van der Waals surface area contributed by atoms with Gasteiger partial charge in [-0.2, -0.15) is 0 Å². The smallest absolute Gasteiger partial charge is 0.364 e. The van der Waals surface area contributed by atoms with Crippen molar-refractivity contribution in [2.24, 2.45) is 0 Å². The maximum absolute atomic E-state index is 6.13. The van der Waals surface area contributed by atoms with Crippen molar-refractivity contribution in [2.45, 2.75) is 20.3 Å². The minimum absolute atomic E-state index is 0.598. The van der Waals surface area contributed by atoms with Crippen LogP contribution in [0.4, 0.5) is 0 Å². The van der Waals surface area contributed by atoms with Crippen molar-refractivity contribution in [3.05, 3.63) is 48.0 Å². The minimum Gasteiger partial charge on any atom is -0.493 e. The van der Waals surface area contributed by atoms with E-state index in [9.17, 15) is 0 Å². The third kappa shape index (κ3) is 3.38. The highest BCUT2D eigenvalue weighted by atomic mass is 16.5. The van der Waals surface area contributed by atoms with Crippen molar-refractivity contribution >= 4 is 11.0 Å². The Hall–Kier alpha value is -2.75. The van der Waals surface area contributed by atoms with Crippen LogP contribution < -0.4 is 14.2 Å². The number of benzene rings is 2. The Kier molecular flexibility index (Phi) is 5.08. The molecule has 1 aromatic heterocycles. The average molecular weight is 339 g/mol. The number of ether oxygens (including phenoxy) is 3. The maximum atomic E-state index is 6.13. The zero-order valence-corrected chi connectivity index (χ0v) is 15.1. The molecule has 2 aromatic carbocycles. The number of hydrogen-bond acceptors (Lipinski definition) is 3. The Balaban J connectivity index is 2.16. The summed E-state index contributed by atoms with van der Waals surface area (Å²) in [6.07, 6.45) is 0.971. The quantitative estimate of drug-likeness (QED) is 0.567. The van der Waals surface area contributed by atoms with E-state index in [1.165, 1.54) is 5.56 Å². The molecule has 4 nitrogen and oxygen atoms in total. The van der Waals surface area contributed by atoms with E-state index in [2.05, 4.69) is 19.1 Å². The van der Waals surface area contributed by atoms with Gasteiger partial charge in [-0.3, -0.25) is 0 Å². The summed E-state index contributed by atoms with van der Waals surface area (Å²) in [4.78, 5) is 0. The summed E-state index contributed by atoms with van der Waals surface area (Å²) in [6.45, 7) is 4.72. The molecule has 0 fully saturated rings. The van der Waals surface area contributed by atoms with Crippen LogP contribution in [0.2, 0.25) is 0 Å². The first-order chi connectivity index (χ1) is 12.2. The SMILES string of the molecule is CCOc1cc(-c2ccc(OC)c(OC)c2)[o+]c2ccc(CC)cc12. The third-order valence-electron chi connectivity index (χ3n) is 4.17. The molecule has 0 aliphatic rings. The molecule has 3 aromatic rings. The monoisotopic (exact) mass is 339 g/mol. The number of hydrogen-bond donors (Lipinski definition) is 0. The molecular formula is C21H23O4+. The van der Waals surface area contributed by atoms with E-state index in [-0.39, 0.29) is 0 Å². The molecule has 0 spiro atoms. The minimum atomic E-state index is 0.598. The highest BCUT2D eigenvalue weighted by Gasteiger charge is 2.21. The summed E-state index contributed by atoms with van der Waals surface area (Å²) in [5.74, 6) is 2.89. The van der Waals surface area contributed by atoms with Gasteiger partial charge in [-0.1, -0.05) is 6.92 Å². The molecule has 0 amide bonds. The van der Waals surface area contributed by atoms with E-state index in [0.717, 1.165) is 34.5 Å². The van der Waals surface area contributed by atoms with Crippen molar-refractivity contribution in [1.29, 1.82) is 0 Å². The molecule has 4 heteroatoms. The van der Waals surface area contributed by atoms with E-state index < -0.39 is 0 Å². The van der Waals surface area contributed by atoms with Crippen LogP contribution in [0.5, 0.6) is 17.2 Å². The van der Waals surface area contributed by atoms with Crippen LogP contribution in [0.1, 0.15) is 19.4 Å². The van der Waals surface area contributed by atoms with Crippen molar-refractivity contribution in [3.63, 3.8) is 0 Å². The molecule has 0 saturated carbocycles. The first kappa shape index (κ1) is 17.1. The van der Waals surface area contributed by atoms with E-state index in [1.54, 1.807) is 14.2 Å². The van der Waals surface area contributed by atoms with Crippen LogP contribution in [0.3, 0.4) is 0 Å². The van der Waals surface area contributed by atoms with Gasteiger partial charge in [-0.05, 0) is 43.2 Å². The number of aryl methyl sites for hydroxylation is 1. The van der Waals surface area contributed by atoms with Crippen LogP contribution in [-0.2, 0) is 6.42 Å². The Labute approximate surface area is 148 Å². The van der Waals surface area contributed by atoms with Gasteiger partial charge in [0.15, 0.2) is 11.5 Å². The Morgan fingerprint density at radius 1 is 0.840 bits per heavy atom. The van der Waals surface area contributed by atoms with Crippen LogP contribution in [0, 0.1) is 0 Å². The van der Waals surface area contributed by atoms with Gasteiger partial charge in [-0.25, -0.2) is 4.42 Å². The zero-order valence-electron chi connectivity index (χ0n) is 15.1. The predicted octanol–water partition coefficient (Wildman–Crippen LogP) is 5.36. The second-order valence-electron chi connectivity index (χ2n) is 5.66. The molecule has 0 aliphatic heterocycles. The van der Waals surface area contributed by atoms with Gasteiger partial charge in [0, 0.05) is 12.1 Å². The lowest BCUT2D eigenvalue weighted by Gasteiger charge is -2.08. The summed E-state index contributed by atoms with van der Waals surface area (Å²) in [7, 11) is 3.24. The van der Waals surface area contributed by atoms with Gasteiger partial charge in [0.05, 0.1) is 32.5 Å². The Bertz CT molecular complexity index is 886. The lowest BCUT2D eigenvalue weighted by Crippen LogP contribution is -1.95. The van der Waals surface area contributed by atoms with Crippen molar-refractivity contribution in [1.82, 2.24) is 0 Å². The highest BCUT2D eigenvalue weighted by Crippen LogP contribution is 2.37. The largest absolute Gasteiger partial charge is 0.493 e. The fraction of sp³-hybridized carbons (Fsp3) is 0.286. The molecular weight excluding hydrogens is 316 g/mol. The van der Waals surface area contributed by atoms with Gasteiger partial charge < -0.3 is 14.2 Å². The van der Waals surface area contributed by atoms with Gasteiger partial charge in [0.2, 0.25) is 0 Å². The molecule has 0 unspecified atom stereocenters. The molecule has 0 aliphatic carbocycles. The first-order valence-corrected chi connectivity index (χ1v) is 8.45. The normalized spacial score (nSPS) is 10.7. The first-order valence-electron chi connectivity index (χ1n) is 8.45. The van der Waals surface area contributed by atoms with Gasteiger partial charge >= 0.3 is 11.3 Å². The summed E-state index contributed by atoms with van der Waals surface area (Å²) < 4.78 is 22.7. The summed E-state index contributed by atoms with van der Waals surface area (Å²) >= 11 is 0. The second-order valence-corrected chi connectivity index (χ2v) is 5.66. The number of fused-ring (bicyclic) bond motifs is 1. The van der Waals surface area contributed by atoms with Gasteiger partial charge in [-0.15, -0.1) is 0 Å². The van der Waals surface area contributed by atoms with Crippen molar-refractivity contribution in [3.8, 4) is 28.6 Å². The lowest BCUT2D eigenvalue weighted by atomic mass is 10.1. The number of methoxy groups -OCH3 is 2. The fourth-order valence-corrected chi connectivity index (χ4v) is 2.83. The molecule has 0 atom stereocenters. The number of rotatable bonds is 6. The van der Waals surface area contributed by atoms with Gasteiger partial charge in [0.25, 0.3) is 0 Å². The topological polar surface area (TPSA) is 39.0 Å². The van der Waals surface area contributed by atoms with E-state index in [1.807, 2.05) is 37.3 Å². The molecule has 0 N–H and O–H groups in total. The second kappa shape index (κ2) is 7.43. The molecule has 1 heterocycles. The summed E-state index contributed by atoms with van der Waals surface area (Å²) in [6, 6.07) is 13.9. The molecule has 3 rings (SSSR count). The average Bonchev–Trinajstić information content (AvgIpc) is 2.67. The van der Waals surface area contributed by atoms with Crippen LogP contribution in [0.25, 0.3) is 22.3 Å². The van der Waals surface area contributed by atoms with E-state index >= 15 is 0 Å². The Morgan fingerprint density at radius 3 is 2.32 bits per heavy atom. The highest BCUT2D eigenvalue weighted by molar-refractivity contribution is 5.86. The molecule has 0 saturated heterocycles. The standard InChI is InChI=1S/C21H23O4/c1-5-14-7-9-17-16(11-14)20(24-6-2)13-19(25-17)15-8-10-18(22-3)21(12-15)23-4/h7-13H,5-6H2,1-4H3/q+1. The van der Waals surface area contributed by atoms with E-state index in [0.29, 0.717) is 18.1 Å². The van der Waals surface area contributed by atoms with E-state index in [4.69, 9.17) is 18.6 Å².